The molecule has 0 spiro atoms. The lowest BCUT2D eigenvalue weighted by atomic mass is 10.1. The van der Waals surface area contributed by atoms with Crippen LogP contribution in [0.1, 0.15) is 32.9 Å². The van der Waals surface area contributed by atoms with Crippen LogP contribution in [0.15, 0.2) is 65.7 Å². The number of pyridine rings is 1. The van der Waals surface area contributed by atoms with Gasteiger partial charge in [0.25, 0.3) is 0 Å². The highest BCUT2D eigenvalue weighted by molar-refractivity contribution is 7.99. The van der Waals surface area contributed by atoms with E-state index in [0.717, 1.165) is 51.4 Å². The lowest BCUT2D eigenvalue weighted by molar-refractivity contribution is 0.102. The molecule has 2 aromatic heterocycles. The van der Waals surface area contributed by atoms with Crippen molar-refractivity contribution in [2.45, 2.75) is 38.8 Å². The van der Waals surface area contributed by atoms with Crippen LogP contribution in [0.2, 0.25) is 0 Å². The Morgan fingerprint density at radius 1 is 1.03 bits per heavy atom. The number of para-hydroxylation sites is 1. The lowest BCUT2D eigenvalue weighted by Gasteiger charge is -2.10. The fourth-order valence-corrected chi connectivity index (χ4v) is 4.79. The molecule has 31 heavy (non-hydrogen) atoms. The van der Waals surface area contributed by atoms with Crippen molar-refractivity contribution in [1.29, 1.82) is 0 Å². The van der Waals surface area contributed by atoms with Crippen molar-refractivity contribution in [2.75, 3.05) is 5.75 Å². The summed E-state index contributed by atoms with van der Waals surface area (Å²) in [5.74, 6) is 0.241. The number of halogens is 1. The van der Waals surface area contributed by atoms with Crippen LogP contribution in [0.3, 0.4) is 0 Å². The zero-order chi connectivity index (χ0) is 22.0. The van der Waals surface area contributed by atoms with Gasteiger partial charge in [0.1, 0.15) is 5.82 Å². The highest BCUT2D eigenvalue weighted by Gasteiger charge is 2.16. The maximum Gasteiger partial charge on any atom is 0.174 e. The average molecular weight is 433 g/mol. The molecule has 4 aromatic rings. The van der Waals surface area contributed by atoms with E-state index in [-0.39, 0.29) is 11.6 Å². The van der Waals surface area contributed by atoms with Crippen molar-refractivity contribution < 1.29 is 9.18 Å². The maximum atomic E-state index is 13.1. The molecular formula is C26H25FN2OS. The number of benzene rings is 2. The normalized spacial score (nSPS) is 11.2. The number of fused-ring (bicyclic) bond motifs is 1. The van der Waals surface area contributed by atoms with Gasteiger partial charge in [0.2, 0.25) is 0 Å². The number of carbonyl (C=O) groups excluding carboxylic acids is 1. The lowest BCUT2D eigenvalue weighted by Crippen LogP contribution is -2.08. The summed E-state index contributed by atoms with van der Waals surface area (Å²) in [4.78, 5) is 17.7. The molecule has 0 radical (unpaired) electrons. The second kappa shape index (κ2) is 9.06. The van der Waals surface area contributed by atoms with Gasteiger partial charge in [-0.2, -0.15) is 0 Å². The van der Waals surface area contributed by atoms with Crippen LogP contribution >= 0.6 is 11.8 Å². The molecule has 2 heterocycles. The van der Waals surface area contributed by atoms with Crippen LogP contribution in [0.25, 0.3) is 10.9 Å². The standard InChI is InChI=1S/C26H25FN2OS/c1-17-14-26(28-24-7-5-4-6-22(17)24)31-16-25(30)23-15-18(2)29(19(23)3)13-12-20-8-10-21(27)11-9-20/h4-11,14-15H,12-13,16H2,1-3H3. The molecule has 0 saturated carbocycles. The van der Waals surface area contributed by atoms with Gasteiger partial charge in [0.15, 0.2) is 5.78 Å². The quantitative estimate of drug-likeness (QED) is 0.253. The molecule has 5 heteroatoms. The minimum absolute atomic E-state index is 0.110. The summed E-state index contributed by atoms with van der Waals surface area (Å²) in [6, 6.07) is 18.7. The molecule has 0 atom stereocenters. The van der Waals surface area contributed by atoms with Gasteiger partial charge in [-0.05, 0) is 68.7 Å². The Hall–Kier alpha value is -2.92. The maximum absolute atomic E-state index is 13.1. The van der Waals surface area contributed by atoms with Gasteiger partial charge in [-0.3, -0.25) is 4.79 Å². The second-order valence-corrected chi connectivity index (χ2v) is 8.81. The van der Waals surface area contributed by atoms with E-state index in [1.807, 2.05) is 56.3 Å². The first-order valence-corrected chi connectivity index (χ1v) is 11.3. The number of Topliss-reactive ketones (excluding diaryl/α,β-unsaturated/α-hetero) is 1. The molecule has 4 rings (SSSR count). The first-order chi connectivity index (χ1) is 14.9. The number of carbonyl (C=O) groups is 1. The van der Waals surface area contributed by atoms with Crippen LogP contribution in [-0.4, -0.2) is 21.1 Å². The van der Waals surface area contributed by atoms with E-state index in [9.17, 15) is 9.18 Å². The summed E-state index contributed by atoms with van der Waals surface area (Å²) in [7, 11) is 0. The summed E-state index contributed by atoms with van der Waals surface area (Å²) in [5, 5.41) is 2.01. The van der Waals surface area contributed by atoms with Gasteiger partial charge in [0.05, 0.1) is 16.3 Å². The van der Waals surface area contributed by atoms with Crippen LogP contribution in [0.4, 0.5) is 4.39 Å². The van der Waals surface area contributed by atoms with Crippen LogP contribution < -0.4 is 0 Å². The molecule has 2 aromatic carbocycles. The predicted molar refractivity (Wildman–Crippen MR) is 126 cm³/mol. The van der Waals surface area contributed by atoms with Crippen molar-refractivity contribution in [2.24, 2.45) is 0 Å². The topological polar surface area (TPSA) is 34.9 Å². The zero-order valence-corrected chi connectivity index (χ0v) is 18.8. The minimum Gasteiger partial charge on any atom is -0.348 e. The van der Waals surface area contributed by atoms with Crippen LogP contribution in [0.5, 0.6) is 0 Å². The van der Waals surface area contributed by atoms with Crippen molar-refractivity contribution in [1.82, 2.24) is 9.55 Å². The molecule has 0 fully saturated rings. The third-order valence-corrected chi connectivity index (χ3v) is 6.57. The SMILES string of the molecule is Cc1cc(SCC(=O)c2cc(C)n(CCc3ccc(F)cc3)c2C)nc2ccccc12. The van der Waals surface area contributed by atoms with E-state index in [1.54, 1.807) is 0 Å². The Morgan fingerprint density at radius 2 is 1.77 bits per heavy atom. The first-order valence-electron chi connectivity index (χ1n) is 10.4. The van der Waals surface area contributed by atoms with Crippen LogP contribution in [-0.2, 0) is 13.0 Å². The molecule has 0 aliphatic rings. The number of rotatable bonds is 7. The van der Waals surface area contributed by atoms with Gasteiger partial charge in [-0.25, -0.2) is 9.37 Å². The molecule has 0 bridgehead atoms. The van der Waals surface area contributed by atoms with E-state index in [2.05, 4.69) is 17.6 Å². The predicted octanol–water partition coefficient (Wildman–Crippen LogP) is 6.32. The Kier molecular flexibility index (Phi) is 6.23. The summed E-state index contributed by atoms with van der Waals surface area (Å²) in [6.45, 7) is 6.85. The summed E-state index contributed by atoms with van der Waals surface area (Å²) >= 11 is 1.48. The van der Waals surface area contributed by atoms with E-state index in [1.165, 1.54) is 29.5 Å². The molecule has 0 unspecified atom stereocenters. The average Bonchev–Trinajstić information content (AvgIpc) is 3.05. The van der Waals surface area contributed by atoms with Gasteiger partial charge < -0.3 is 4.57 Å². The number of hydrogen-bond donors (Lipinski definition) is 0. The van der Waals surface area contributed by atoms with Crippen molar-refractivity contribution >= 4 is 28.4 Å². The molecule has 0 N–H and O–H groups in total. The van der Waals surface area contributed by atoms with E-state index < -0.39 is 0 Å². The number of hydrogen-bond acceptors (Lipinski definition) is 3. The summed E-state index contributed by atoms with van der Waals surface area (Å²) in [5.41, 5.74) is 6.01. The molecule has 0 aliphatic heterocycles. The smallest absolute Gasteiger partial charge is 0.174 e. The number of aryl methyl sites for hydroxylation is 3. The van der Waals surface area contributed by atoms with Crippen molar-refractivity contribution in [3.63, 3.8) is 0 Å². The molecule has 0 amide bonds. The Labute approximate surface area is 186 Å². The van der Waals surface area contributed by atoms with E-state index in [4.69, 9.17) is 4.98 Å². The Bertz CT molecular complexity index is 1240. The number of nitrogens with zero attached hydrogens (tertiary/aromatic N) is 2. The first kappa shape index (κ1) is 21.3. The number of aromatic nitrogens is 2. The Morgan fingerprint density at radius 3 is 2.55 bits per heavy atom. The highest BCUT2D eigenvalue weighted by Crippen LogP contribution is 2.25. The third kappa shape index (κ3) is 4.72. The molecule has 3 nitrogen and oxygen atoms in total. The van der Waals surface area contributed by atoms with Crippen molar-refractivity contribution in [3.05, 3.63) is 94.6 Å². The van der Waals surface area contributed by atoms with Gasteiger partial charge in [-0.15, -0.1) is 0 Å². The van der Waals surface area contributed by atoms with E-state index >= 15 is 0 Å². The molecule has 0 saturated heterocycles. The monoisotopic (exact) mass is 432 g/mol. The zero-order valence-electron chi connectivity index (χ0n) is 18.0. The Balaban J connectivity index is 1.45. The van der Waals surface area contributed by atoms with Gasteiger partial charge >= 0.3 is 0 Å². The van der Waals surface area contributed by atoms with Gasteiger partial charge in [0, 0.05) is 28.9 Å². The second-order valence-electron chi connectivity index (χ2n) is 7.82. The van der Waals surface area contributed by atoms with Gasteiger partial charge in [-0.1, -0.05) is 42.1 Å². The molecule has 0 aliphatic carbocycles. The summed E-state index contributed by atoms with van der Waals surface area (Å²) in [6.07, 6.45) is 0.791. The fraction of sp³-hybridized carbons (Fsp3) is 0.231. The van der Waals surface area contributed by atoms with E-state index in [0.29, 0.717) is 5.75 Å². The largest absolute Gasteiger partial charge is 0.348 e. The molecule has 158 valence electrons. The molecular weight excluding hydrogens is 407 g/mol. The highest BCUT2D eigenvalue weighted by atomic mass is 32.2. The van der Waals surface area contributed by atoms with Crippen molar-refractivity contribution in [3.8, 4) is 0 Å². The minimum atomic E-state index is -0.224. The third-order valence-electron chi connectivity index (χ3n) is 5.66. The van der Waals surface area contributed by atoms with Crippen LogP contribution in [0, 0.1) is 26.6 Å². The fourth-order valence-electron chi connectivity index (χ4n) is 3.93. The number of ketones is 1. The summed E-state index contributed by atoms with van der Waals surface area (Å²) < 4.78 is 15.3. The number of thioether (sulfide) groups is 1.